The van der Waals surface area contributed by atoms with Crippen molar-refractivity contribution in [3.8, 4) is 5.75 Å². The molecule has 1 atom stereocenters. The zero-order valence-electron chi connectivity index (χ0n) is 16.1. The van der Waals surface area contributed by atoms with Gasteiger partial charge in [0.2, 0.25) is 0 Å². The Kier molecular flexibility index (Phi) is 5.41. The molecule has 0 radical (unpaired) electrons. The van der Waals surface area contributed by atoms with Crippen LogP contribution >= 0.6 is 0 Å². The fourth-order valence-corrected chi connectivity index (χ4v) is 3.44. The Balaban J connectivity index is 1.30. The summed E-state index contributed by atoms with van der Waals surface area (Å²) in [7, 11) is 1.89. The largest absolute Gasteiger partial charge is 0.489 e. The molecule has 1 aromatic heterocycles. The Hall–Kier alpha value is -3.42. The fraction of sp³-hybridized carbons (Fsp3) is 0.286. The van der Waals surface area contributed by atoms with Gasteiger partial charge in [-0.05, 0) is 54.8 Å². The van der Waals surface area contributed by atoms with Gasteiger partial charge in [-0.3, -0.25) is 4.68 Å². The summed E-state index contributed by atoms with van der Waals surface area (Å²) < 4.78 is 20.4. The van der Waals surface area contributed by atoms with Crippen LogP contribution in [0.15, 0.2) is 48.5 Å². The van der Waals surface area contributed by atoms with Crippen molar-refractivity contribution in [2.45, 2.75) is 31.9 Å². The summed E-state index contributed by atoms with van der Waals surface area (Å²) >= 11 is 0. The predicted molar refractivity (Wildman–Crippen MR) is 106 cm³/mol. The molecule has 1 unspecified atom stereocenters. The van der Waals surface area contributed by atoms with Crippen molar-refractivity contribution < 1.29 is 13.9 Å². The van der Waals surface area contributed by atoms with E-state index in [2.05, 4.69) is 20.9 Å². The van der Waals surface area contributed by atoms with Crippen LogP contribution in [0.2, 0.25) is 0 Å². The number of nitrogens with zero attached hydrogens (tertiary/aromatic N) is 3. The number of benzene rings is 2. The highest BCUT2D eigenvalue weighted by atomic mass is 19.1. The molecule has 0 spiro atoms. The van der Waals surface area contributed by atoms with Crippen molar-refractivity contribution in [2.75, 3.05) is 5.32 Å². The minimum absolute atomic E-state index is 0.0317. The molecule has 2 N–H and O–H groups in total. The fourth-order valence-electron chi connectivity index (χ4n) is 3.44. The van der Waals surface area contributed by atoms with E-state index in [9.17, 15) is 9.18 Å². The average Bonchev–Trinajstić information content (AvgIpc) is 3.08. The zero-order chi connectivity index (χ0) is 20.2. The van der Waals surface area contributed by atoms with E-state index in [1.54, 1.807) is 16.8 Å². The number of hydrogen-bond donors (Lipinski definition) is 2. The first-order valence-corrected chi connectivity index (χ1v) is 9.49. The number of urea groups is 1. The summed E-state index contributed by atoms with van der Waals surface area (Å²) in [5.74, 6) is 0.284. The lowest BCUT2D eigenvalue weighted by molar-refractivity contribution is 0.247. The number of carbonyl (C=O) groups is 1. The Morgan fingerprint density at radius 1 is 1.28 bits per heavy atom. The second kappa shape index (κ2) is 8.30. The van der Waals surface area contributed by atoms with E-state index in [0.29, 0.717) is 24.5 Å². The van der Waals surface area contributed by atoms with E-state index >= 15 is 0 Å². The van der Waals surface area contributed by atoms with E-state index in [4.69, 9.17) is 4.74 Å². The number of carbonyl (C=O) groups excluding carboxylic acids is 1. The van der Waals surface area contributed by atoms with Gasteiger partial charge < -0.3 is 15.4 Å². The van der Waals surface area contributed by atoms with Crippen LogP contribution in [0.1, 0.15) is 23.4 Å². The summed E-state index contributed by atoms with van der Waals surface area (Å²) in [6.07, 6.45) is 2.38. The number of aromatic nitrogens is 3. The minimum atomic E-state index is -0.303. The summed E-state index contributed by atoms with van der Waals surface area (Å²) in [4.78, 5) is 12.4. The molecule has 29 heavy (non-hydrogen) atoms. The average molecular weight is 395 g/mol. The standard InChI is InChI=1S/C21H22FN5O2/c1-27-20-10-7-17(12-19(20)25-26-27)24-21(28)23-16-4-2-3-14(11-16)13-29-18-8-5-15(22)6-9-18/h2-6,8-9,11,17H,7,10,12-13H2,1H3,(H2,23,24,28). The van der Waals surface area contributed by atoms with E-state index in [1.165, 1.54) is 12.1 Å². The maximum atomic E-state index is 13.0. The van der Waals surface area contributed by atoms with Gasteiger partial charge in [0.1, 0.15) is 18.2 Å². The van der Waals surface area contributed by atoms with Crippen LogP contribution < -0.4 is 15.4 Å². The maximum absolute atomic E-state index is 13.0. The van der Waals surface area contributed by atoms with E-state index in [-0.39, 0.29) is 17.9 Å². The number of rotatable bonds is 5. The molecule has 2 aromatic carbocycles. The van der Waals surface area contributed by atoms with Crippen LogP contribution in [-0.2, 0) is 26.5 Å². The van der Waals surface area contributed by atoms with Crippen molar-refractivity contribution >= 4 is 11.7 Å². The highest BCUT2D eigenvalue weighted by molar-refractivity contribution is 5.89. The van der Waals surface area contributed by atoms with Crippen molar-refractivity contribution in [3.05, 3.63) is 71.3 Å². The van der Waals surface area contributed by atoms with Crippen LogP contribution in [0.25, 0.3) is 0 Å². The molecule has 1 aliphatic carbocycles. The van der Waals surface area contributed by atoms with Gasteiger partial charge in [0.05, 0.1) is 11.4 Å². The molecule has 0 aliphatic heterocycles. The van der Waals surface area contributed by atoms with Gasteiger partial charge in [0, 0.05) is 25.2 Å². The molecular weight excluding hydrogens is 373 g/mol. The SMILES string of the molecule is Cn1nnc2c1CCC(NC(=O)Nc1cccc(COc3ccc(F)cc3)c1)C2. The van der Waals surface area contributed by atoms with Crippen molar-refractivity contribution in [2.24, 2.45) is 7.05 Å². The molecule has 0 fully saturated rings. The zero-order valence-corrected chi connectivity index (χ0v) is 16.1. The Morgan fingerprint density at radius 2 is 2.10 bits per heavy atom. The topological polar surface area (TPSA) is 81.1 Å². The molecule has 2 amide bonds. The van der Waals surface area contributed by atoms with Crippen molar-refractivity contribution in [1.29, 1.82) is 0 Å². The first-order chi connectivity index (χ1) is 14.1. The van der Waals surface area contributed by atoms with Crippen molar-refractivity contribution in [1.82, 2.24) is 20.3 Å². The number of ether oxygens (including phenoxy) is 1. The van der Waals surface area contributed by atoms with Gasteiger partial charge in [-0.2, -0.15) is 0 Å². The number of amides is 2. The van der Waals surface area contributed by atoms with Gasteiger partial charge in [-0.15, -0.1) is 5.10 Å². The lowest BCUT2D eigenvalue weighted by atomic mass is 9.96. The number of hydrogen-bond acceptors (Lipinski definition) is 4. The van der Waals surface area contributed by atoms with Crippen LogP contribution in [0.5, 0.6) is 5.75 Å². The van der Waals surface area contributed by atoms with Gasteiger partial charge in [0.25, 0.3) is 0 Å². The summed E-state index contributed by atoms with van der Waals surface area (Å²) in [6, 6.07) is 13.1. The van der Waals surface area contributed by atoms with Crippen LogP contribution in [-0.4, -0.2) is 27.1 Å². The predicted octanol–water partition coefficient (Wildman–Crippen LogP) is 3.21. The van der Waals surface area contributed by atoms with Gasteiger partial charge >= 0.3 is 6.03 Å². The van der Waals surface area contributed by atoms with Gasteiger partial charge in [0.15, 0.2) is 0 Å². The minimum Gasteiger partial charge on any atom is -0.489 e. The Labute approximate surface area is 167 Å². The number of anilines is 1. The second-order valence-electron chi connectivity index (χ2n) is 7.09. The monoisotopic (exact) mass is 395 g/mol. The third kappa shape index (κ3) is 4.71. The summed E-state index contributed by atoms with van der Waals surface area (Å²) in [5.41, 5.74) is 3.66. The molecule has 3 aromatic rings. The smallest absolute Gasteiger partial charge is 0.319 e. The molecular formula is C21H22FN5O2. The van der Waals surface area contributed by atoms with Gasteiger partial charge in [-0.25, -0.2) is 9.18 Å². The maximum Gasteiger partial charge on any atom is 0.319 e. The molecule has 0 saturated heterocycles. The Morgan fingerprint density at radius 3 is 2.93 bits per heavy atom. The second-order valence-corrected chi connectivity index (χ2v) is 7.09. The first-order valence-electron chi connectivity index (χ1n) is 9.49. The summed E-state index contributed by atoms with van der Waals surface area (Å²) in [6.45, 7) is 0.320. The molecule has 0 saturated carbocycles. The first kappa shape index (κ1) is 18.9. The van der Waals surface area contributed by atoms with E-state index in [0.717, 1.165) is 29.8 Å². The normalized spacial score (nSPS) is 15.4. The highest BCUT2D eigenvalue weighted by Gasteiger charge is 2.24. The van der Waals surface area contributed by atoms with Gasteiger partial charge in [-0.1, -0.05) is 17.3 Å². The number of aryl methyl sites for hydroxylation is 1. The third-order valence-corrected chi connectivity index (χ3v) is 4.93. The number of fused-ring (bicyclic) bond motifs is 1. The molecule has 1 aliphatic rings. The number of nitrogens with one attached hydrogen (secondary N) is 2. The molecule has 1 heterocycles. The van der Waals surface area contributed by atoms with Crippen LogP contribution in [0, 0.1) is 5.82 Å². The third-order valence-electron chi connectivity index (χ3n) is 4.93. The van der Waals surface area contributed by atoms with Crippen LogP contribution in [0.3, 0.4) is 0 Å². The molecule has 7 nitrogen and oxygen atoms in total. The molecule has 150 valence electrons. The molecule has 8 heteroatoms. The van der Waals surface area contributed by atoms with Crippen molar-refractivity contribution in [3.63, 3.8) is 0 Å². The molecule has 0 bridgehead atoms. The van der Waals surface area contributed by atoms with Crippen LogP contribution in [0.4, 0.5) is 14.9 Å². The quantitative estimate of drug-likeness (QED) is 0.695. The van der Waals surface area contributed by atoms with E-state index < -0.39 is 0 Å². The lowest BCUT2D eigenvalue weighted by Crippen LogP contribution is -2.41. The lowest BCUT2D eigenvalue weighted by Gasteiger charge is -2.22. The summed E-state index contributed by atoms with van der Waals surface area (Å²) in [5, 5.41) is 14.1. The Bertz CT molecular complexity index is 1000. The molecule has 4 rings (SSSR count). The highest BCUT2D eigenvalue weighted by Crippen LogP contribution is 2.19. The van der Waals surface area contributed by atoms with E-state index in [1.807, 2.05) is 31.3 Å². The number of halogens is 1.